The fourth-order valence-electron chi connectivity index (χ4n) is 3.47. The van der Waals surface area contributed by atoms with Crippen LogP contribution in [0.4, 0.5) is 0 Å². The van der Waals surface area contributed by atoms with Gasteiger partial charge in [-0.15, -0.1) is 0 Å². The highest BCUT2D eigenvalue weighted by Crippen LogP contribution is 2.27. The van der Waals surface area contributed by atoms with Crippen LogP contribution in [-0.4, -0.2) is 44.4 Å². The number of carbonyl (C=O) groups is 1. The lowest BCUT2D eigenvalue weighted by Crippen LogP contribution is -2.38. The van der Waals surface area contributed by atoms with Gasteiger partial charge in [0.15, 0.2) is 0 Å². The molecule has 0 fully saturated rings. The Kier molecular flexibility index (Phi) is 5.10. The summed E-state index contributed by atoms with van der Waals surface area (Å²) in [6, 6.07) is 9.58. The second-order valence-corrected chi connectivity index (χ2v) is 6.88. The fourth-order valence-corrected chi connectivity index (χ4v) is 3.47. The molecule has 0 aliphatic carbocycles. The molecule has 28 heavy (non-hydrogen) atoms. The Bertz CT molecular complexity index is 978. The van der Waals surface area contributed by atoms with Crippen molar-refractivity contribution in [1.29, 1.82) is 0 Å². The number of fused-ring (bicyclic) bond motifs is 1. The van der Waals surface area contributed by atoms with Gasteiger partial charge in [0, 0.05) is 19.4 Å². The van der Waals surface area contributed by atoms with E-state index in [1.165, 1.54) is 0 Å². The zero-order valence-electron chi connectivity index (χ0n) is 16.1. The van der Waals surface area contributed by atoms with Crippen LogP contribution in [0.25, 0.3) is 11.4 Å². The number of aryl methyl sites for hydroxylation is 2. The van der Waals surface area contributed by atoms with E-state index in [4.69, 9.17) is 9.26 Å². The predicted molar refractivity (Wildman–Crippen MR) is 102 cm³/mol. The second kappa shape index (κ2) is 7.84. The second-order valence-electron chi connectivity index (χ2n) is 6.88. The van der Waals surface area contributed by atoms with E-state index < -0.39 is 0 Å². The summed E-state index contributed by atoms with van der Waals surface area (Å²) in [5, 5.41) is 8.47. The van der Waals surface area contributed by atoms with Gasteiger partial charge >= 0.3 is 0 Å². The lowest BCUT2D eigenvalue weighted by Gasteiger charge is -2.27. The molecule has 1 aliphatic heterocycles. The van der Waals surface area contributed by atoms with Gasteiger partial charge < -0.3 is 14.2 Å². The highest BCUT2D eigenvalue weighted by Gasteiger charge is 2.21. The Hall–Kier alpha value is -3.16. The third kappa shape index (κ3) is 3.76. The van der Waals surface area contributed by atoms with E-state index in [9.17, 15) is 4.79 Å². The minimum atomic E-state index is 0.148. The number of nitrogens with zero attached hydrogens (tertiary/aromatic N) is 5. The van der Waals surface area contributed by atoms with Crippen molar-refractivity contribution in [2.45, 2.75) is 39.3 Å². The predicted octanol–water partition coefficient (Wildman–Crippen LogP) is 2.62. The number of hydrogen-bond acceptors (Lipinski definition) is 6. The first-order valence-electron chi connectivity index (χ1n) is 9.41. The van der Waals surface area contributed by atoms with E-state index in [2.05, 4.69) is 15.2 Å². The molecule has 1 aromatic carbocycles. The van der Waals surface area contributed by atoms with Crippen LogP contribution in [0.2, 0.25) is 0 Å². The molecule has 0 N–H and O–H groups in total. The van der Waals surface area contributed by atoms with E-state index in [1.54, 1.807) is 7.11 Å². The summed E-state index contributed by atoms with van der Waals surface area (Å²) >= 11 is 0. The zero-order valence-corrected chi connectivity index (χ0v) is 16.1. The highest BCUT2D eigenvalue weighted by atomic mass is 16.5. The molecule has 146 valence electrons. The van der Waals surface area contributed by atoms with Crippen LogP contribution >= 0.6 is 0 Å². The normalized spacial score (nSPS) is 13.4. The topological polar surface area (TPSA) is 86.3 Å². The lowest BCUT2D eigenvalue weighted by molar-refractivity contribution is -0.132. The quantitative estimate of drug-likeness (QED) is 0.652. The van der Waals surface area contributed by atoms with Crippen molar-refractivity contribution in [3.05, 3.63) is 47.6 Å². The Labute approximate surface area is 163 Å². The highest BCUT2D eigenvalue weighted by molar-refractivity contribution is 5.76. The average molecular weight is 381 g/mol. The zero-order chi connectivity index (χ0) is 19.5. The third-order valence-corrected chi connectivity index (χ3v) is 4.87. The molecule has 0 atom stereocenters. The van der Waals surface area contributed by atoms with Crippen LogP contribution in [0, 0.1) is 6.92 Å². The maximum atomic E-state index is 12.5. The molecule has 3 heterocycles. The van der Waals surface area contributed by atoms with Gasteiger partial charge in [-0.25, -0.2) is 0 Å². The third-order valence-electron chi connectivity index (χ3n) is 4.87. The van der Waals surface area contributed by atoms with Crippen LogP contribution in [0.1, 0.15) is 30.1 Å². The molecule has 0 radical (unpaired) electrons. The van der Waals surface area contributed by atoms with Crippen molar-refractivity contribution in [2.24, 2.45) is 0 Å². The molecule has 4 rings (SSSR count). The van der Waals surface area contributed by atoms with E-state index in [1.807, 2.05) is 46.8 Å². The van der Waals surface area contributed by atoms with Crippen LogP contribution in [0.15, 0.2) is 34.9 Å². The first-order valence-corrected chi connectivity index (χ1v) is 9.41. The Morgan fingerprint density at radius 1 is 1.29 bits per heavy atom. The minimum Gasteiger partial charge on any atom is -0.496 e. The van der Waals surface area contributed by atoms with Crippen molar-refractivity contribution < 1.29 is 14.1 Å². The largest absolute Gasteiger partial charge is 0.496 e. The molecule has 0 saturated carbocycles. The Morgan fingerprint density at radius 3 is 3.00 bits per heavy atom. The summed E-state index contributed by atoms with van der Waals surface area (Å²) in [6.07, 6.45) is 1.69. The van der Waals surface area contributed by atoms with Crippen LogP contribution in [-0.2, 0) is 24.3 Å². The molecule has 0 spiro atoms. The van der Waals surface area contributed by atoms with Gasteiger partial charge in [-0.1, -0.05) is 17.3 Å². The monoisotopic (exact) mass is 381 g/mol. The van der Waals surface area contributed by atoms with Gasteiger partial charge in [-0.3, -0.25) is 9.48 Å². The van der Waals surface area contributed by atoms with Crippen LogP contribution in [0.5, 0.6) is 5.75 Å². The van der Waals surface area contributed by atoms with Gasteiger partial charge in [0.05, 0.1) is 37.2 Å². The summed E-state index contributed by atoms with van der Waals surface area (Å²) in [7, 11) is 1.61. The number of ether oxygens (including phenoxy) is 1. The van der Waals surface area contributed by atoms with Gasteiger partial charge in [0.2, 0.25) is 17.6 Å². The molecular weight excluding hydrogens is 358 g/mol. The van der Waals surface area contributed by atoms with Crippen molar-refractivity contribution >= 4 is 5.91 Å². The summed E-state index contributed by atoms with van der Waals surface area (Å²) in [4.78, 5) is 18.9. The fraction of sp³-hybridized carbons (Fsp3) is 0.400. The van der Waals surface area contributed by atoms with Crippen molar-refractivity contribution in [3.63, 3.8) is 0 Å². The van der Waals surface area contributed by atoms with Gasteiger partial charge in [0.1, 0.15) is 5.75 Å². The van der Waals surface area contributed by atoms with Gasteiger partial charge in [-0.2, -0.15) is 10.1 Å². The van der Waals surface area contributed by atoms with E-state index in [-0.39, 0.29) is 5.91 Å². The number of aromatic nitrogens is 4. The van der Waals surface area contributed by atoms with Gasteiger partial charge in [-0.05, 0) is 31.5 Å². The molecule has 1 aliphatic rings. The molecular formula is C20H23N5O3. The first-order chi connectivity index (χ1) is 13.6. The van der Waals surface area contributed by atoms with Crippen molar-refractivity contribution in [3.8, 4) is 17.1 Å². The molecule has 0 saturated heterocycles. The van der Waals surface area contributed by atoms with Crippen molar-refractivity contribution in [1.82, 2.24) is 24.8 Å². The molecule has 3 aromatic rings. The molecule has 1 amide bonds. The number of para-hydroxylation sites is 1. The lowest BCUT2D eigenvalue weighted by atomic mass is 10.2. The van der Waals surface area contributed by atoms with E-state index in [0.29, 0.717) is 49.8 Å². The number of benzene rings is 1. The van der Waals surface area contributed by atoms with Gasteiger partial charge in [0.25, 0.3) is 0 Å². The maximum absolute atomic E-state index is 12.5. The molecule has 8 heteroatoms. The van der Waals surface area contributed by atoms with Crippen LogP contribution < -0.4 is 4.74 Å². The smallest absolute Gasteiger partial charge is 0.226 e. The molecule has 0 unspecified atom stereocenters. The SMILES string of the molecule is COc1ccccc1-c1noc(CCCC(=O)N2CCn3nc(C)cc3C2)n1. The Morgan fingerprint density at radius 2 is 2.14 bits per heavy atom. The number of methoxy groups -OCH3 is 1. The summed E-state index contributed by atoms with van der Waals surface area (Å²) in [5.74, 6) is 1.87. The molecule has 0 bridgehead atoms. The van der Waals surface area contributed by atoms with E-state index >= 15 is 0 Å². The summed E-state index contributed by atoms with van der Waals surface area (Å²) in [5.41, 5.74) is 2.87. The number of hydrogen-bond donors (Lipinski definition) is 0. The maximum Gasteiger partial charge on any atom is 0.226 e. The summed E-state index contributed by atoms with van der Waals surface area (Å²) in [6.45, 7) is 4.05. The minimum absolute atomic E-state index is 0.148. The number of amides is 1. The molecule has 8 nitrogen and oxygen atoms in total. The number of carbonyl (C=O) groups excluding carboxylic acids is 1. The van der Waals surface area contributed by atoms with Crippen molar-refractivity contribution in [2.75, 3.05) is 13.7 Å². The standard InChI is InChI=1S/C20H23N5O3/c1-14-12-15-13-24(10-11-25(15)22-14)19(26)9-5-8-18-21-20(23-28-18)16-6-3-4-7-17(16)27-2/h3-4,6-7,12H,5,8-11,13H2,1-2H3. The molecule has 2 aromatic heterocycles. The van der Waals surface area contributed by atoms with E-state index in [0.717, 1.165) is 23.5 Å². The van der Waals surface area contributed by atoms with Crippen LogP contribution in [0.3, 0.4) is 0 Å². The summed E-state index contributed by atoms with van der Waals surface area (Å²) < 4.78 is 12.7. The number of rotatable bonds is 6. The Balaban J connectivity index is 1.31. The average Bonchev–Trinajstić information content (AvgIpc) is 3.32. The first kappa shape index (κ1) is 18.2.